The van der Waals surface area contributed by atoms with Crippen molar-refractivity contribution in [3.63, 3.8) is 0 Å². The molecule has 0 aliphatic heterocycles. The summed E-state index contributed by atoms with van der Waals surface area (Å²) in [6.07, 6.45) is 1.63. The lowest BCUT2D eigenvalue weighted by molar-refractivity contribution is 0.651. The molecule has 0 saturated heterocycles. The fourth-order valence-electron chi connectivity index (χ4n) is 1.01. The van der Waals surface area contributed by atoms with Gasteiger partial charge in [-0.2, -0.15) is 4.40 Å². The van der Waals surface area contributed by atoms with E-state index in [4.69, 9.17) is 11.6 Å². The minimum atomic E-state index is -1.23. The van der Waals surface area contributed by atoms with Crippen LogP contribution in [0.5, 0.6) is 0 Å². The molecule has 0 radical (unpaired) electrons. The molecule has 0 N–H and O–H groups in total. The van der Waals surface area contributed by atoms with E-state index in [1.165, 1.54) is 0 Å². The van der Waals surface area contributed by atoms with Crippen molar-refractivity contribution in [3.05, 3.63) is 34.3 Å². The van der Waals surface area contributed by atoms with E-state index < -0.39 is 11.0 Å². The summed E-state index contributed by atoms with van der Waals surface area (Å²) in [5.41, 5.74) is 1.98. The molecule has 1 aromatic rings. The van der Waals surface area contributed by atoms with Crippen molar-refractivity contribution in [2.75, 3.05) is 0 Å². The first kappa shape index (κ1) is 13.4. The molecule has 2 nitrogen and oxygen atoms in total. The Balaban J connectivity index is 2.93. The molecule has 0 fully saturated rings. The summed E-state index contributed by atoms with van der Waals surface area (Å²) in [5.74, 6) is 0. The lowest BCUT2D eigenvalue weighted by atomic mass is 10.1. The molecule has 0 aromatic heterocycles. The zero-order chi connectivity index (χ0) is 12.3. The van der Waals surface area contributed by atoms with Gasteiger partial charge in [0.25, 0.3) is 0 Å². The summed E-state index contributed by atoms with van der Waals surface area (Å²) in [7, 11) is -1.23. The molecule has 0 bridgehead atoms. The van der Waals surface area contributed by atoms with Gasteiger partial charge in [-0.1, -0.05) is 17.7 Å². The highest BCUT2D eigenvalue weighted by atomic mass is 35.5. The summed E-state index contributed by atoms with van der Waals surface area (Å²) in [4.78, 5) is 0. The van der Waals surface area contributed by atoms with Crippen molar-refractivity contribution in [2.45, 2.75) is 32.4 Å². The average Bonchev–Trinajstić information content (AvgIpc) is 2.17. The van der Waals surface area contributed by atoms with Crippen LogP contribution in [-0.2, 0) is 11.0 Å². The van der Waals surface area contributed by atoms with Crippen LogP contribution in [0.3, 0.4) is 0 Å². The summed E-state index contributed by atoms with van der Waals surface area (Å²) in [6, 6.07) is 5.57. The summed E-state index contributed by atoms with van der Waals surface area (Å²) >= 11 is 5.88. The maximum absolute atomic E-state index is 11.7. The fourth-order valence-corrected chi connectivity index (χ4v) is 1.72. The van der Waals surface area contributed by atoms with E-state index in [2.05, 4.69) is 4.40 Å². The van der Waals surface area contributed by atoms with E-state index in [1.807, 2.05) is 45.9 Å². The number of hydrogen-bond acceptors (Lipinski definition) is 1. The number of aryl methyl sites for hydroxylation is 1. The number of nitrogens with zero attached hydrogens (tertiary/aromatic N) is 1. The van der Waals surface area contributed by atoms with Crippen molar-refractivity contribution in [1.82, 2.24) is 0 Å². The predicted molar refractivity (Wildman–Crippen MR) is 71.7 cm³/mol. The van der Waals surface area contributed by atoms with Gasteiger partial charge in [-0.15, -0.1) is 0 Å². The van der Waals surface area contributed by atoms with Crippen molar-refractivity contribution in [2.24, 2.45) is 4.40 Å². The topological polar surface area (TPSA) is 29.4 Å². The van der Waals surface area contributed by atoms with Gasteiger partial charge in [0, 0.05) is 11.2 Å². The normalized spacial score (nSPS) is 14.3. The van der Waals surface area contributed by atoms with Crippen LogP contribution in [-0.4, -0.2) is 15.2 Å². The number of rotatable bonds is 2. The van der Waals surface area contributed by atoms with Gasteiger partial charge in [0.15, 0.2) is 0 Å². The first-order chi connectivity index (χ1) is 7.30. The van der Waals surface area contributed by atoms with Crippen LogP contribution in [0.25, 0.3) is 0 Å². The highest BCUT2D eigenvalue weighted by molar-refractivity contribution is 7.85. The molecule has 0 heterocycles. The monoisotopic (exact) mass is 257 g/mol. The summed E-state index contributed by atoms with van der Waals surface area (Å²) < 4.78 is 15.4. The Morgan fingerprint density at radius 3 is 2.56 bits per heavy atom. The molecular weight excluding hydrogens is 242 g/mol. The smallest absolute Gasteiger partial charge is 0.144 e. The standard InChI is InChI=1S/C12H16ClNOS/c1-9-5-6-11(13)7-10(9)8-14-16(15)12(2,3)4/h5-8H,1-4H3. The van der Waals surface area contributed by atoms with Gasteiger partial charge in [-0.3, -0.25) is 0 Å². The Hall–Kier alpha value is -0.670. The Morgan fingerprint density at radius 2 is 2.00 bits per heavy atom. The van der Waals surface area contributed by atoms with Crippen LogP contribution >= 0.6 is 11.6 Å². The highest BCUT2D eigenvalue weighted by Crippen LogP contribution is 2.15. The quantitative estimate of drug-likeness (QED) is 0.746. The van der Waals surface area contributed by atoms with Crippen molar-refractivity contribution >= 4 is 28.8 Å². The second-order valence-corrected chi connectivity index (χ2v) is 6.97. The van der Waals surface area contributed by atoms with Crippen LogP contribution < -0.4 is 0 Å². The molecular formula is C12H16ClNOS. The second kappa shape index (κ2) is 5.11. The Labute approximate surface area is 104 Å². The zero-order valence-corrected chi connectivity index (χ0v) is 11.5. The average molecular weight is 258 g/mol. The van der Waals surface area contributed by atoms with Gasteiger partial charge >= 0.3 is 0 Å². The molecule has 1 rings (SSSR count). The van der Waals surface area contributed by atoms with E-state index in [9.17, 15) is 4.21 Å². The minimum absolute atomic E-state index is 0.330. The molecule has 0 amide bonds. The van der Waals surface area contributed by atoms with E-state index in [0.29, 0.717) is 5.02 Å². The van der Waals surface area contributed by atoms with Gasteiger partial charge in [-0.05, 0) is 51.0 Å². The summed E-state index contributed by atoms with van der Waals surface area (Å²) in [5, 5.41) is 0.661. The molecule has 1 unspecified atom stereocenters. The molecule has 88 valence electrons. The highest BCUT2D eigenvalue weighted by Gasteiger charge is 2.18. The SMILES string of the molecule is Cc1ccc(Cl)cc1C=NS(=O)C(C)(C)C. The molecule has 0 aliphatic rings. The van der Waals surface area contributed by atoms with Crippen molar-refractivity contribution < 1.29 is 4.21 Å². The van der Waals surface area contributed by atoms with Gasteiger partial charge in [0.2, 0.25) is 0 Å². The summed E-state index contributed by atoms with van der Waals surface area (Å²) in [6.45, 7) is 7.65. The Morgan fingerprint density at radius 1 is 1.38 bits per heavy atom. The lowest BCUT2D eigenvalue weighted by Gasteiger charge is -2.12. The number of benzene rings is 1. The second-order valence-electron chi connectivity index (χ2n) is 4.60. The van der Waals surface area contributed by atoms with Gasteiger partial charge in [-0.25, -0.2) is 4.21 Å². The molecule has 1 atom stereocenters. The molecule has 0 spiro atoms. The van der Waals surface area contributed by atoms with E-state index in [-0.39, 0.29) is 4.75 Å². The van der Waals surface area contributed by atoms with Crippen LogP contribution in [0, 0.1) is 6.92 Å². The van der Waals surface area contributed by atoms with Crippen LogP contribution in [0.4, 0.5) is 0 Å². The van der Waals surface area contributed by atoms with E-state index in [0.717, 1.165) is 11.1 Å². The lowest BCUT2D eigenvalue weighted by Crippen LogP contribution is -2.19. The maximum Gasteiger partial charge on any atom is 0.144 e. The first-order valence-corrected chi connectivity index (χ1v) is 6.51. The maximum atomic E-state index is 11.7. The van der Waals surface area contributed by atoms with E-state index in [1.54, 1.807) is 6.21 Å². The van der Waals surface area contributed by atoms with Gasteiger partial charge < -0.3 is 0 Å². The minimum Gasteiger partial charge on any atom is -0.234 e. The van der Waals surface area contributed by atoms with Crippen LogP contribution in [0.2, 0.25) is 5.02 Å². The van der Waals surface area contributed by atoms with Gasteiger partial charge in [0.05, 0.1) is 4.75 Å². The third kappa shape index (κ3) is 3.72. The Bertz CT molecular complexity index is 435. The third-order valence-corrected chi connectivity index (χ3v) is 3.63. The van der Waals surface area contributed by atoms with Crippen LogP contribution in [0.15, 0.2) is 22.6 Å². The molecule has 4 heteroatoms. The third-order valence-electron chi connectivity index (χ3n) is 2.05. The largest absolute Gasteiger partial charge is 0.234 e. The fraction of sp³-hybridized carbons (Fsp3) is 0.417. The van der Waals surface area contributed by atoms with Crippen molar-refractivity contribution in [3.8, 4) is 0 Å². The number of halogens is 1. The predicted octanol–water partition coefficient (Wildman–Crippen LogP) is 3.53. The van der Waals surface area contributed by atoms with Gasteiger partial charge in [0.1, 0.15) is 11.0 Å². The molecule has 1 aromatic carbocycles. The Kier molecular flexibility index (Phi) is 4.28. The molecule has 0 saturated carbocycles. The van der Waals surface area contributed by atoms with Crippen molar-refractivity contribution in [1.29, 1.82) is 0 Å². The molecule has 16 heavy (non-hydrogen) atoms. The molecule has 0 aliphatic carbocycles. The zero-order valence-electron chi connectivity index (χ0n) is 9.95. The van der Waals surface area contributed by atoms with E-state index >= 15 is 0 Å². The first-order valence-electron chi connectivity index (χ1n) is 5.03. The number of hydrogen-bond donors (Lipinski definition) is 0. The van der Waals surface area contributed by atoms with Crippen LogP contribution in [0.1, 0.15) is 31.9 Å².